The third kappa shape index (κ3) is 2.00. The maximum absolute atomic E-state index is 5.30. The topological polar surface area (TPSA) is 21.3 Å². The average molecular weight is 239 g/mol. The van der Waals surface area contributed by atoms with Crippen LogP contribution in [0.2, 0.25) is 0 Å². The summed E-state index contributed by atoms with van der Waals surface area (Å²) in [7, 11) is 1.72. The molecule has 0 bridgehead atoms. The number of hydrogen-bond donors (Lipinski definition) is 1. The Bertz CT molecular complexity index is 536. The van der Waals surface area contributed by atoms with E-state index < -0.39 is 0 Å². The van der Waals surface area contributed by atoms with Crippen LogP contribution in [0.3, 0.4) is 0 Å². The number of hydrogen-bond acceptors (Lipinski definition) is 2. The zero-order chi connectivity index (χ0) is 12.4. The molecule has 2 nitrogen and oxygen atoms in total. The molecule has 2 aromatic rings. The molecule has 1 unspecified atom stereocenters. The molecule has 0 aromatic heterocycles. The van der Waals surface area contributed by atoms with E-state index in [-0.39, 0.29) is 0 Å². The van der Waals surface area contributed by atoms with Crippen LogP contribution in [-0.2, 0) is 6.42 Å². The van der Waals surface area contributed by atoms with Gasteiger partial charge in [-0.2, -0.15) is 0 Å². The number of rotatable bonds is 2. The molecule has 3 rings (SSSR count). The number of fused-ring (bicyclic) bond motifs is 1. The van der Waals surface area contributed by atoms with Gasteiger partial charge < -0.3 is 10.1 Å². The van der Waals surface area contributed by atoms with Crippen molar-refractivity contribution in [3.05, 3.63) is 65.2 Å². The summed E-state index contributed by atoms with van der Waals surface area (Å²) in [6.07, 6.45) is 1.07. The first-order valence-electron chi connectivity index (χ1n) is 6.33. The predicted molar refractivity (Wildman–Crippen MR) is 73.0 cm³/mol. The molecule has 0 saturated heterocycles. The second-order valence-electron chi connectivity index (χ2n) is 4.61. The minimum Gasteiger partial charge on any atom is -0.497 e. The van der Waals surface area contributed by atoms with Gasteiger partial charge >= 0.3 is 0 Å². The Hall–Kier alpha value is -1.80. The maximum Gasteiger partial charge on any atom is 0.119 e. The molecule has 0 fully saturated rings. The van der Waals surface area contributed by atoms with Crippen molar-refractivity contribution in [3.8, 4) is 5.75 Å². The van der Waals surface area contributed by atoms with E-state index in [1.165, 1.54) is 16.7 Å². The molecule has 1 atom stereocenters. The van der Waals surface area contributed by atoms with Gasteiger partial charge in [0.25, 0.3) is 0 Å². The zero-order valence-corrected chi connectivity index (χ0v) is 10.5. The molecule has 0 amide bonds. The highest BCUT2D eigenvalue weighted by atomic mass is 16.5. The minimum absolute atomic E-state index is 0.306. The van der Waals surface area contributed by atoms with E-state index in [1.54, 1.807) is 7.11 Å². The number of methoxy groups -OCH3 is 1. The summed E-state index contributed by atoms with van der Waals surface area (Å²) in [5, 5.41) is 3.59. The summed E-state index contributed by atoms with van der Waals surface area (Å²) in [4.78, 5) is 0. The van der Waals surface area contributed by atoms with Gasteiger partial charge in [0.15, 0.2) is 0 Å². The van der Waals surface area contributed by atoms with E-state index >= 15 is 0 Å². The molecular weight excluding hydrogens is 222 g/mol. The Morgan fingerprint density at radius 2 is 1.94 bits per heavy atom. The normalized spacial score (nSPS) is 18.2. The highest BCUT2D eigenvalue weighted by Crippen LogP contribution is 2.30. The van der Waals surface area contributed by atoms with Gasteiger partial charge in [0.05, 0.1) is 13.2 Å². The Labute approximate surface area is 108 Å². The van der Waals surface area contributed by atoms with Crippen molar-refractivity contribution in [1.29, 1.82) is 0 Å². The van der Waals surface area contributed by atoms with Crippen molar-refractivity contribution in [2.75, 3.05) is 13.7 Å². The third-order valence-electron chi connectivity index (χ3n) is 3.54. The highest BCUT2D eigenvalue weighted by Gasteiger charge is 2.21. The van der Waals surface area contributed by atoms with Gasteiger partial charge in [-0.3, -0.25) is 0 Å². The van der Waals surface area contributed by atoms with Crippen molar-refractivity contribution in [2.24, 2.45) is 0 Å². The summed E-state index contributed by atoms with van der Waals surface area (Å²) in [6, 6.07) is 17.3. The first-order valence-corrected chi connectivity index (χ1v) is 6.33. The quantitative estimate of drug-likeness (QED) is 0.870. The van der Waals surface area contributed by atoms with Crippen molar-refractivity contribution >= 4 is 0 Å². The lowest BCUT2D eigenvalue weighted by molar-refractivity contribution is 0.413. The molecular formula is C16H17NO. The summed E-state index contributed by atoms with van der Waals surface area (Å²) in [5.41, 5.74) is 4.08. The van der Waals surface area contributed by atoms with Gasteiger partial charge in [0.1, 0.15) is 5.75 Å². The molecule has 0 saturated carbocycles. The van der Waals surface area contributed by atoms with E-state index in [4.69, 9.17) is 4.74 Å². The predicted octanol–water partition coefficient (Wildman–Crippen LogP) is 2.93. The van der Waals surface area contributed by atoms with E-state index in [2.05, 4.69) is 47.8 Å². The molecule has 0 spiro atoms. The number of ether oxygens (including phenoxy) is 1. The van der Waals surface area contributed by atoms with Crippen LogP contribution >= 0.6 is 0 Å². The molecule has 2 aromatic carbocycles. The summed E-state index contributed by atoms with van der Waals surface area (Å²) in [6.45, 7) is 1.01. The van der Waals surface area contributed by atoms with Gasteiger partial charge in [-0.15, -0.1) is 0 Å². The van der Waals surface area contributed by atoms with E-state index in [0.29, 0.717) is 6.04 Å². The van der Waals surface area contributed by atoms with Crippen molar-refractivity contribution in [2.45, 2.75) is 12.5 Å². The Balaban J connectivity index is 2.02. The van der Waals surface area contributed by atoms with Crippen LogP contribution < -0.4 is 10.1 Å². The van der Waals surface area contributed by atoms with E-state index in [1.807, 2.05) is 6.07 Å². The molecule has 0 radical (unpaired) electrons. The van der Waals surface area contributed by atoms with E-state index in [9.17, 15) is 0 Å². The standard InChI is InChI=1S/C16H17NO/c1-18-14-7-8-15-13(11-14)9-10-17-16(15)12-5-3-2-4-6-12/h2-8,11,16-17H,9-10H2,1H3. The summed E-state index contributed by atoms with van der Waals surface area (Å²) < 4.78 is 5.30. The minimum atomic E-state index is 0.306. The zero-order valence-electron chi connectivity index (χ0n) is 10.5. The second-order valence-corrected chi connectivity index (χ2v) is 4.61. The fourth-order valence-corrected chi connectivity index (χ4v) is 2.61. The van der Waals surface area contributed by atoms with Crippen LogP contribution in [0.4, 0.5) is 0 Å². The first kappa shape index (κ1) is 11.3. The molecule has 1 heterocycles. The van der Waals surface area contributed by atoms with Crippen LogP contribution in [0.1, 0.15) is 22.7 Å². The second kappa shape index (κ2) is 4.83. The Kier molecular flexibility index (Phi) is 3.03. The average Bonchev–Trinajstić information content (AvgIpc) is 2.47. The van der Waals surface area contributed by atoms with Crippen LogP contribution in [-0.4, -0.2) is 13.7 Å². The molecule has 1 N–H and O–H groups in total. The van der Waals surface area contributed by atoms with Crippen molar-refractivity contribution < 1.29 is 4.74 Å². The van der Waals surface area contributed by atoms with Gasteiger partial charge in [0.2, 0.25) is 0 Å². The Morgan fingerprint density at radius 3 is 2.72 bits per heavy atom. The third-order valence-corrected chi connectivity index (χ3v) is 3.54. The van der Waals surface area contributed by atoms with Crippen LogP contribution in [0.15, 0.2) is 48.5 Å². The van der Waals surface area contributed by atoms with Gasteiger partial charge in [-0.1, -0.05) is 36.4 Å². The molecule has 0 aliphatic carbocycles. The van der Waals surface area contributed by atoms with Gasteiger partial charge in [-0.25, -0.2) is 0 Å². The monoisotopic (exact) mass is 239 g/mol. The molecule has 1 aliphatic heterocycles. The number of benzene rings is 2. The maximum atomic E-state index is 5.30. The molecule has 18 heavy (non-hydrogen) atoms. The largest absolute Gasteiger partial charge is 0.497 e. The summed E-state index contributed by atoms with van der Waals surface area (Å²) in [5.74, 6) is 0.947. The molecule has 2 heteroatoms. The van der Waals surface area contributed by atoms with E-state index in [0.717, 1.165) is 18.7 Å². The van der Waals surface area contributed by atoms with Crippen LogP contribution in [0.25, 0.3) is 0 Å². The van der Waals surface area contributed by atoms with Crippen molar-refractivity contribution in [1.82, 2.24) is 5.32 Å². The fourth-order valence-electron chi connectivity index (χ4n) is 2.61. The van der Waals surface area contributed by atoms with Crippen LogP contribution in [0.5, 0.6) is 5.75 Å². The smallest absolute Gasteiger partial charge is 0.119 e. The first-order chi connectivity index (χ1) is 8.88. The summed E-state index contributed by atoms with van der Waals surface area (Å²) >= 11 is 0. The number of nitrogens with one attached hydrogen (secondary N) is 1. The van der Waals surface area contributed by atoms with Crippen molar-refractivity contribution in [3.63, 3.8) is 0 Å². The molecule has 92 valence electrons. The van der Waals surface area contributed by atoms with Gasteiger partial charge in [0, 0.05) is 6.54 Å². The fraction of sp³-hybridized carbons (Fsp3) is 0.250. The molecule has 1 aliphatic rings. The van der Waals surface area contributed by atoms with Crippen LogP contribution in [0, 0.1) is 0 Å². The lowest BCUT2D eigenvalue weighted by Crippen LogP contribution is -2.30. The van der Waals surface area contributed by atoms with Gasteiger partial charge in [-0.05, 0) is 35.2 Å². The highest BCUT2D eigenvalue weighted by molar-refractivity contribution is 5.43. The Morgan fingerprint density at radius 1 is 1.11 bits per heavy atom. The lowest BCUT2D eigenvalue weighted by atomic mass is 9.90. The lowest BCUT2D eigenvalue weighted by Gasteiger charge is -2.27. The SMILES string of the molecule is COc1ccc2c(c1)CCNC2c1ccccc1.